The van der Waals surface area contributed by atoms with Crippen molar-refractivity contribution in [3.63, 3.8) is 0 Å². The van der Waals surface area contributed by atoms with E-state index in [1.165, 1.54) is 0 Å². The molecule has 104 valence electrons. The van der Waals surface area contributed by atoms with Crippen molar-refractivity contribution in [2.24, 2.45) is 5.92 Å². The molecule has 1 aromatic heterocycles. The molecule has 3 rings (SSSR count). The number of aromatic nitrogens is 2. The highest BCUT2D eigenvalue weighted by molar-refractivity contribution is 5.75. The molecule has 0 radical (unpaired) electrons. The summed E-state index contributed by atoms with van der Waals surface area (Å²) in [5, 5.41) is 9.11. The van der Waals surface area contributed by atoms with Crippen LogP contribution in [0.4, 0.5) is 5.82 Å². The fourth-order valence-corrected chi connectivity index (χ4v) is 2.67. The van der Waals surface area contributed by atoms with Gasteiger partial charge in [0, 0.05) is 13.1 Å². The van der Waals surface area contributed by atoms with E-state index >= 15 is 0 Å². The van der Waals surface area contributed by atoms with Crippen molar-refractivity contribution in [1.82, 2.24) is 9.97 Å². The van der Waals surface area contributed by atoms with Gasteiger partial charge >= 0.3 is 5.97 Å². The van der Waals surface area contributed by atoms with Crippen LogP contribution in [-0.4, -0.2) is 34.1 Å². The lowest BCUT2D eigenvalue weighted by Crippen LogP contribution is -2.26. The van der Waals surface area contributed by atoms with Gasteiger partial charge in [-0.15, -0.1) is 0 Å². The predicted molar refractivity (Wildman–Crippen MR) is 76.7 cm³/mol. The van der Waals surface area contributed by atoms with Gasteiger partial charge in [0.05, 0.1) is 23.1 Å². The van der Waals surface area contributed by atoms with E-state index in [-0.39, 0.29) is 5.92 Å². The number of rotatable bonds is 2. The molecule has 5 heteroatoms. The predicted octanol–water partition coefficient (Wildman–Crippen LogP) is 2.32. The minimum Gasteiger partial charge on any atom is -0.481 e. The van der Waals surface area contributed by atoms with Gasteiger partial charge in [-0.05, 0) is 31.4 Å². The fourth-order valence-electron chi connectivity index (χ4n) is 2.67. The van der Waals surface area contributed by atoms with Gasteiger partial charge in [-0.1, -0.05) is 12.1 Å². The minimum atomic E-state index is -0.684. The Labute approximate surface area is 117 Å². The van der Waals surface area contributed by atoms with E-state index in [0.29, 0.717) is 6.42 Å². The number of aliphatic carboxylic acids is 1. The summed E-state index contributed by atoms with van der Waals surface area (Å²) >= 11 is 0. The van der Waals surface area contributed by atoms with Crippen molar-refractivity contribution in [2.45, 2.75) is 19.3 Å². The Hall–Kier alpha value is -2.17. The molecular formula is C15H17N3O2. The molecule has 1 fully saturated rings. The van der Waals surface area contributed by atoms with Gasteiger partial charge in [-0.25, -0.2) is 4.98 Å². The molecule has 1 N–H and O–H groups in total. The summed E-state index contributed by atoms with van der Waals surface area (Å²) in [6, 6.07) is 7.78. The second-order valence-electron chi connectivity index (χ2n) is 5.17. The number of carboxylic acid groups (broad SMARTS) is 1. The number of hydrogen-bond acceptors (Lipinski definition) is 4. The SMILES string of the molecule is O=C(O)C1CCCN(c2cnc3ccccc3n2)CC1. The Balaban J connectivity index is 1.82. The molecule has 5 nitrogen and oxygen atoms in total. The first-order valence-corrected chi connectivity index (χ1v) is 6.93. The van der Waals surface area contributed by atoms with Gasteiger partial charge in [-0.3, -0.25) is 9.78 Å². The molecule has 20 heavy (non-hydrogen) atoms. The lowest BCUT2D eigenvalue weighted by Gasteiger charge is -2.21. The lowest BCUT2D eigenvalue weighted by molar-refractivity contribution is -0.142. The van der Waals surface area contributed by atoms with Crippen molar-refractivity contribution in [1.29, 1.82) is 0 Å². The molecule has 1 atom stereocenters. The Morgan fingerprint density at radius 2 is 2.00 bits per heavy atom. The third kappa shape index (κ3) is 2.57. The largest absolute Gasteiger partial charge is 0.481 e. The first-order chi connectivity index (χ1) is 9.74. The van der Waals surface area contributed by atoms with Crippen LogP contribution >= 0.6 is 0 Å². The van der Waals surface area contributed by atoms with Crippen LogP contribution in [0, 0.1) is 5.92 Å². The van der Waals surface area contributed by atoms with Crippen LogP contribution in [0.25, 0.3) is 11.0 Å². The lowest BCUT2D eigenvalue weighted by atomic mass is 10.0. The van der Waals surface area contributed by atoms with E-state index in [9.17, 15) is 4.79 Å². The summed E-state index contributed by atoms with van der Waals surface area (Å²) in [5.74, 6) is -0.0698. The van der Waals surface area contributed by atoms with Crippen molar-refractivity contribution < 1.29 is 9.90 Å². The van der Waals surface area contributed by atoms with Gasteiger partial charge in [-0.2, -0.15) is 0 Å². The van der Waals surface area contributed by atoms with Gasteiger partial charge in [0.15, 0.2) is 0 Å². The summed E-state index contributed by atoms with van der Waals surface area (Å²) < 4.78 is 0. The topological polar surface area (TPSA) is 66.3 Å². The zero-order chi connectivity index (χ0) is 13.9. The second kappa shape index (κ2) is 5.45. The van der Waals surface area contributed by atoms with Gasteiger partial charge in [0.2, 0.25) is 0 Å². The molecule has 2 heterocycles. The Bertz CT molecular complexity index is 629. The van der Waals surface area contributed by atoms with Crippen LogP contribution in [0.15, 0.2) is 30.5 Å². The molecular weight excluding hydrogens is 254 g/mol. The van der Waals surface area contributed by atoms with E-state index in [1.54, 1.807) is 6.20 Å². The van der Waals surface area contributed by atoms with E-state index in [2.05, 4.69) is 14.9 Å². The van der Waals surface area contributed by atoms with Crippen LogP contribution in [0.2, 0.25) is 0 Å². The molecule has 1 aromatic carbocycles. The molecule has 0 saturated carbocycles. The monoisotopic (exact) mass is 271 g/mol. The summed E-state index contributed by atoms with van der Waals surface area (Å²) in [5.41, 5.74) is 1.76. The highest BCUT2D eigenvalue weighted by atomic mass is 16.4. The molecule has 0 bridgehead atoms. The zero-order valence-electron chi connectivity index (χ0n) is 11.2. The molecule has 1 aliphatic rings. The number of para-hydroxylation sites is 2. The van der Waals surface area contributed by atoms with Crippen LogP contribution in [0.5, 0.6) is 0 Å². The number of fused-ring (bicyclic) bond motifs is 1. The first kappa shape index (κ1) is 12.8. The number of hydrogen-bond donors (Lipinski definition) is 1. The summed E-state index contributed by atoms with van der Waals surface area (Å²) in [6.07, 6.45) is 4.07. The zero-order valence-corrected chi connectivity index (χ0v) is 11.2. The minimum absolute atomic E-state index is 0.228. The van der Waals surface area contributed by atoms with Crippen LogP contribution in [0.1, 0.15) is 19.3 Å². The summed E-state index contributed by atoms with van der Waals surface area (Å²) in [6.45, 7) is 1.57. The molecule has 1 unspecified atom stereocenters. The van der Waals surface area contributed by atoms with E-state index < -0.39 is 5.97 Å². The smallest absolute Gasteiger partial charge is 0.306 e. The fraction of sp³-hybridized carbons (Fsp3) is 0.400. The average Bonchev–Trinajstić information content (AvgIpc) is 2.73. The molecule has 2 aromatic rings. The normalized spacial score (nSPS) is 19.8. The van der Waals surface area contributed by atoms with E-state index in [0.717, 1.165) is 42.8 Å². The Morgan fingerprint density at radius 3 is 2.80 bits per heavy atom. The quantitative estimate of drug-likeness (QED) is 0.908. The molecule has 0 aliphatic carbocycles. The molecule has 1 saturated heterocycles. The van der Waals surface area contributed by atoms with Crippen molar-refractivity contribution in [2.75, 3.05) is 18.0 Å². The summed E-state index contributed by atoms with van der Waals surface area (Å²) in [4.78, 5) is 22.3. The second-order valence-corrected chi connectivity index (χ2v) is 5.17. The average molecular weight is 271 g/mol. The number of anilines is 1. The highest BCUT2D eigenvalue weighted by Crippen LogP contribution is 2.22. The van der Waals surface area contributed by atoms with E-state index in [4.69, 9.17) is 5.11 Å². The maximum Gasteiger partial charge on any atom is 0.306 e. The van der Waals surface area contributed by atoms with Gasteiger partial charge in [0.25, 0.3) is 0 Å². The molecule has 0 spiro atoms. The number of carbonyl (C=O) groups is 1. The van der Waals surface area contributed by atoms with Gasteiger partial charge in [0.1, 0.15) is 5.82 Å². The van der Waals surface area contributed by atoms with Crippen LogP contribution in [0.3, 0.4) is 0 Å². The Morgan fingerprint density at radius 1 is 1.20 bits per heavy atom. The van der Waals surface area contributed by atoms with Crippen molar-refractivity contribution in [3.8, 4) is 0 Å². The van der Waals surface area contributed by atoms with E-state index in [1.807, 2.05) is 24.3 Å². The summed E-state index contributed by atoms with van der Waals surface area (Å²) in [7, 11) is 0. The molecule has 1 aliphatic heterocycles. The molecule has 0 amide bonds. The van der Waals surface area contributed by atoms with Crippen molar-refractivity contribution >= 4 is 22.8 Å². The third-order valence-corrected chi connectivity index (χ3v) is 3.84. The number of nitrogens with zero attached hydrogens (tertiary/aromatic N) is 3. The van der Waals surface area contributed by atoms with Crippen LogP contribution in [-0.2, 0) is 4.79 Å². The first-order valence-electron chi connectivity index (χ1n) is 6.93. The third-order valence-electron chi connectivity index (χ3n) is 3.84. The number of benzene rings is 1. The highest BCUT2D eigenvalue weighted by Gasteiger charge is 2.23. The Kier molecular flexibility index (Phi) is 3.50. The van der Waals surface area contributed by atoms with Gasteiger partial charge < -0.3 is 10.0 Å². The van der Waals surface area contributed by atoms with Crippen LogP contribution < -0.4 is 4.90 Å². The maximum absolute atomic E-state index is 11.1. The number of carboxylic acids is 1. The van der Waals surface area contributed by atoms with Crippen molar-refractivity contribution in [3.05, 3.63) is 30.5 Å². The standard InChI is InChI=1S/C15H17N3O2/c19-15(20)11-4-3-8-18(9-7-11)14-10-16-12-5-1-2-6-13(12)17-14/h1-2,5-6,10-11H,3-4,7-9H2,(H,19,20). The maximum atomic E-state index is 11.1.